The van der Waals surface area contributed by atoms with Crippen molar-refractivity contribution in [2.45, 2.75) is 58.3 Å². The average molecular weight is 266 g/mol. The fourth-order valence-electron chi connectivity index (χ4n) is 2.71. The minimum absolute atomic E-state index is 0.248. The highest BCUT2D eigenvalue weighted by molar-refractivity contribution is 5.70. The van der Waals surface area contributed by atoms with Gasteiger partial charge in [0.1, 0.15) is 0 Å². The first kappa shape index (κ1) is 14.0. The van der Waals surface area contributed by atoms with E-state index in [9.17, 15) is 4.79 Å². The van der Waals surface area contributed by atoms with E-state index in [0.29, 0.717) is 11.8 Å². The Morgan fingerprint density at radius 2 is 2.21 bits per heavy atom. The van der Waals surface area contributed by atoms with Crippen LogP contribution in [0, 0.1) is 11.8 Å². The van der Waals surface area contributed by atoms with Gasteiger partial charge in [-0.25, -0.2) is 0 Å². The molecule has 4 atom stereocenters. The third kappa shape index (κ3) is 2.96. The highest BCUT2D eigenvalue weighted by atomic mass is 16.5. The molecule has 19 heavy (non-hydrogen) atoms. The maximum atomic E-state index is 11.0. The molecule has 106 valence electrons. The van der Waals surface area contributed by atoms with Crippen LogP contribution in [0.2, 0.25) is 0 Å². The van der Waals surface area contributed by atoms with Crippen LogP contribution in [-0.2, 0) is 4.79 Å². The van der Waals surface area contributed by atoms with Gasteiger partial charge in [-0.3, -0.25) is 4.79 Å². The fraction of sp³-hybridized carbons (Fsp3) is 0.786. The Kier molecular flexibility index (Phi) is 4.22. The molecule has 2 rings (SSSR count). The molecule has 0 amide bonds. The number of carboxylic acids is 1. The molecule has 1 saturated carbocycles. The van der Waals surface area contributed by atoms with E-state index in [0.717, 1.165) is 24.6 Å². The molecular weight excluding hydrogens is 244 g/mol. The van der Waals surface area contributed by atoms with Crippen LogP contribution >= 0.6 is 0 Å². The lowest BCUT2D eigenvalue weighted by atomic mass is 9.96. The Morgan fingerprint density at radius 3 is 2.79 bits per heavy atom. The first-order valence-corrected chi connectivity index (χ1v) is 7.09. The normalized spacial score (nSPS) is 26.3. The lowest BCUT2D eigenvalue weighted by molar-refractivity contribution is -0.141. The topological polar surface area (TPSA) is 76.2 Å². The molecular formula is C14H22N2O3. The molecule has 0 radical (unpaired) electrons. The van der Waals surface area contributed by atoms with Gasteiger partial charge in [-0.1, -0.05) is 32.3 Å². The smallest absolute Gasteiger partial charge is 0.307 e. The van der Waals surface area contributed by atoms with Gasteiger partial charge in [-0.05, 0) is 25.2 Å². The summed E-state index contributed by atoms with van der Waals surface area (Å²) in [5.41, 5.74) is 0. The van der Waals surface area contributed by atoms with E-state index in [1.807, 2.05) is 6.92 Å². The zero-order valence-electron chi connectivity index (χ0n) is 11.8. The number of hydrogen-bond donors (Lipinski definition) is 1. The van der Waals surface area contributed by atoms with Gasteiger partial charge in [0.15, 0.2) is 5.82 Å². The van der Waals surface area contributed by atoms with E-state index in [-0.39, 0.29) is 5.92 Å². The summed E-state index contributed by atoms with van der Waals surface area (Å²) >= 11 is 0. The number of aromatic nitrogens is 2. The summed E-state index contributed by atoms with van der Waals surface area (Å²) in [7, 11) is 0. The number of aliphatic carboxylic acids is 1. The fourth-order valence-corrected chi connectivity index (χ4v) is 2.71. The van der Waals surface area contributed by atoms with Crippen molar-refractivity contribution < 1.29 is 14.4 Å². The average Bonchev–Trinajstić information content (AvgIpc) is 3.04. The lowest BCUT2D eigenvalue weighted by Gasteiger charge is -2.10. The summed E-state index contributed by atoms with van der Waals surface area (Å²) < 4.78 is 5.25. The van der Waals surface area contributed by atoms with Crippen molar-refractivity contribution in [2.24, 2.45) is 11.8 Å². The molecule has 4 unspecified atom stereocenters. The van der Waals surface area contributed by atoms with E-state index in [1.54, 1.807) is 6.92 Å². The predicted octanol–water partition coefficient (Wildman–Crippen LogP) is 3.19. The maximum Gasteiger partial charge on any atom is 0.307 e. The minimum atomic E-state index is -0.834. The van der Waals surface area contributed by atoms with Crippen LogP contribution in [-0.4, -0.2) is 21.2 Å². The molecule has 5 nitrogen and oxygen atoms in total. The first-order chi connectivity index (χ1) is 9.02. The Bertz CT molecular complexity index is 444. The van der Waals surface area contributed by atoms with Crippen LogP contribution in [0.15, 0.2) is 4.52 Å². The van der Waals surface area contributed by atoms with Crippen molar-refractivity contribution >= 4 is 5.97 Å². The molecule has 1 heterocycles. The monoisotopic (exact) mass is 266 g/mol. The number of nitrogens with zero attached hydrogens (tertiary/aromatic N) is 2. The van der Waals surface area contributed by atoms with E-state index in [1.165, 1.54) is 12.8 Å². The van der Waals surface area contributed by atoms with Crippen LogP contribution in [0.1, 0.15) is 70.0 Å². The molecule has 1 N–H and O–H groups in total. The summed E-state index contributed by atoms with van der Waals surface area (Å²) in [5.74, 6) is 0.763. The van der Waals surface area contributed by atoms with Gasteiger partial charge < -0.3 is 9.63 Å². The summed E-state index contributed by atoms with van der Waals surface area (Å²) in [6.45, 7) is 5.70. The Balaban J connectivity index is 2.05. The Morgan fingerprint density at radius 1 is 1.47 bits per heavy atom. The number of rotatable bonds is 5. The molecule has 0 saturated heterocycles. The van der Waals surface area contributed by atoms with E-state index in [4.69, 9.17) is 9.63 Å². The summed E-state index contributed by atoms with van der Waals surface area (Å²) in [6, 6.07) is 0. The molecule has 1 fully saturated rings. The third-order valence-electron chi connectivity index (χ3n) is 4.47. The zero-order chi connectivity index (χ0) is 14.0. The number of carboxylic acid groups (broad SMARTS) is 1. The van der Waals surface area contributed by atoms with Gasteiger partial charge >= 0.3 is 5.97 Å². The Labute approximate surface area is 113 Å². The molecule has 0 aliphatic heterocycles. The highest BCUT2D eigenvalue weighted by Crippen LogP contribution is 2.38. The SMILES string of the molecule is CCC1CCC(c2noc(C(C)C(C)C(=O)O)n2)C1. The van der Waals surface area contributed by atoms with Gasteiger partial charge in [0.25, 0.3) is 0 Å². The van der Waals surface area contributed by atoms with Crippen LogP contribution in [0.4, 0.5) is 0 Å². The van der Waals surface area contributed by atoms with Crippen molar-refractivity contribution in [3.63, 3.8) is 0 Å². The van der Waals surface area contributed by atoms with Gasteiger partial charge in [-0.15, -0.1) is 0 Å². The van der Waals surface area contributed by atoms with Crippen LogP contribution in [0.25, 0.3) is 0 Å². The van der Waals surface area contributed by atoms with E-state index >= 15 is 0 Å². The van der Waals surface area contributed by atoms with Crippen molar-refractivity contribution in [1.82, 2.24) is 10.1 Å². The van der Waals surface area contributed by atoms with Gasteiger partial charge in [0.05, 0.1) is 5.92 Å². The predicted molar refractivity (Wildman–Crippen MR) is 69.9 cm³/mol. The van der Waals surface area contributed by atoms with Crippen LogP contribution in [0.3, 0.4) is 0 Å². The maximum absolute atomic E-state index is 11.0. The summed E-state index contributed by atoms with van der Waals surface area (Å²) in [5, 5.41) is 13.1. The molecule has 0 aromatic carbocycles. The van der Waals surface area contributed by atoms with Crippen molar-refractivity contribution in [2.75, 3.05) is 0 Å². The van der Waals surface area contributed by atoms with E-state index < -0.39 is 11.9 Å². The third-order valence-corrected chi connectivity index (χ3v) is 4.47. The molecule has 0 spiro atoms. The van der Waals surface area contributed by atoms with Crippen molar-refractivity contribution in [1.29, 1.82) is 0 Å². The quantitative estimate of drug-likeness (QED) is 0.885. The molecule has 1 aromatic heterocycles. The van der Waals surface area contributed by atoms with Crippen molar-refractivity contribution in [3.8, 4) is 0 Å². The molecule has 0 bridgehead atoms. The van der Waals surface area contributed by atoms with Crippen LogP contribution < -0.4 is 0 Å². The van der Waals surface area contributed by atoms with Gasteiger partial charge in [0, 0.05) is 11.8 Å². The van der Waals surface area contributed by atoms with Crippen LogP contribution in [0.5, 0.6) is 0 Å². The highest BCUT2D eigenvalue weighted by Gasteiger charge is 2.31. The zero-order valence-corrected chi connectivity index (χ0v) is 11.8. The van der Waals surface area contributed by atoms with Crippen molar-refractivity contribution in [3.05, 3.63) is 11.7 Å². The second-order valence-corrected chi connectivity index (χ2v) is 5.69. The van der Waals surface area contributed by atoms with E-state index in [2.05, 4.69) is 17.1 Å². The largest absolute Gasteiger partial charge is 0.481 e. The number of hydrogen-bond acceptors (Lipinski definition) is 4. The second-order valence-electron chi connectivity index (χ2n) is 5.69. The molecule has 1 aliphatic carbocycles. The van der Waals surface area contributed by atoms with Gasteiger partial charge in [-0.2, -0.15) is 4.98 Å². The van der Waals surface area contributed by atoms with Gasteiger partial charge in [0.2, 0.25) is 5.89 Å². The summed E-state index contributed by atoms with van der Waals surface area (Å²) in [4.78, 5) is 15.4. The minimum Gasteiger partial charge on any atom is -0.481 e. The second kappa shape index (κ2) is 5.72. The first-order valence-electron chi connectivity index (χ1n) is 7.09. The Hall–Kier alpha value is -1.39. The number of carbonyl (C=O) groups is 1. The molecule has 1 aromatic rings. The molecule has 5 heteroatoms. The summed E-state index contributed by atoms with van der Waals surface area (Å²) in [6.07, 6.45) is 4.67. The molecule has 1 aliphatic rings. The standard InChI is InChI=1S/C14H22N2O3/c1-4-10-5-6-11(7-10)12-15-13(19-16-12)8(2)9(3)14(17)18/h8-11H,4-7H2,1-3H3,(H,17,18). The lowest BCUT2D eigenvalue weighted by Crippen LogP contribution is -2.17.